The molecule has 0 spiro atoms. The fourth-order valence-electron chi connectivity index (χ4n) is 2.06. The Morgan fingerprint density at radius 1 is 1.00 bits per heavy atom. The molecular formula is C16H14O5. The van der Waals surface area contributed by atoms with Crippen LogP contribution in [0.5, 0.6) is 11.5 Å². The van der Waals surface area contributed by atoms with E-state index in [0.717, 1.165) is 22.6 Å². The summed E-state index contributed by atoms with van der Waals surface area (Å²) in [4.78, 5) is 10.8. The van der Waals surface area contributed by atoms with Crippen LogP contribution in [0.15, 0.2) is 42.5 Å². The Morgan fingerprint density at radius 3 is 2.43 bits per heavy atom. The van der Waals surface area contributed by atoms with Gasteiger partial charge in [-0.2, -0.15) is 0 Å². The molecule has 0 saturated heterocycles. The molecule has 0 radical (unpaired) electrons. The first-order valence-corrected chi connectivity index (χ1v) is 6.51. The van der Waals surface area contributed by atoms with Crippen molar-refractivity contribution in [3.05, 3.63) is 59.2 Å². The zero-order chi connectivity index (χ0) is 14.7. The van der Waals surface area contributed by atoms with Crippen molar-refractivity contribution in [2.24, 2.45) is 0 Å². The fraction of sp³-hybridized carbons (Fsp3) is 0.188. The predicted octanol–water partition coefficient (Wildman–Crippen LogP) is 2.83. The average Bonchev–Trinajstić information content (AvgIpc) is 2.95. The van der Waals surface area contributed by atoms with Crippen molar-refractivity contribution in [2.75, 3.05) is 6.79 Å². The molecule has 5 nitrogen and oxygen atoms in total. The van der Waals surface area contributed by atoms with Gasteiger partial charge >= 0.3 is 5.97 Å². The molecule has 0 atom stereocenters. The van der Waals surface area contributed by atoms with Gasteiger partial charge < -0.3 is 19.3 Å². The molecule has 2 aromatic carbocycles. The first-order valence-electron chi connectivity index (χ1n) is 6.51. The second kappa shape index (κ2) is 5.85. The molecule has 1 aliphatic rings. The van der Waals surface area contributed by atoms with Crippen LogP contribution in [0, 0.1) is 0 Å². The first-order chi connectivity index (χ1) is 10.2. The SMILES string of the molecule is O=C(O)c1ccc(COCc2ccc3c(c2)OCO3)cc1. The first kappa shape index (κ1) is 13.5. The van der Waals surface area contributed by atoms with Crippen molar-refractivity contribution in [3.63, 3.8) is 0 Å². The molecule has 0 aliphatic carbocycles. The van der Waals surface area contributed by atoms with Gasteiger partial charge in [0.1, 0.15) is 0 Å². The van der Waals surface area contributed by atoms with Crippen LogP contribution in [0.3, 0.4) is 0 Å². The summed E-state index contributed by atoms with van der Waals surface area (Å²) in [5, 5.41) is 8.82. The maximum atomic E-state index is 10.8. The van der Waals surface area contributed by atoms with Gasteiger partial charge in [0.05, 0.1) is 18.8 Å². The fourth-order valence-corrected chi connectivity index (χ4v) is 2.06. The van der Waals surface area contributed by atoms with Crippen LogP contribution in [-0.2, 0) is 18.0 Å². The van der Waals surface area contributed by atoms with Crippen LogP contribution in [0.4, 0.5) is 0 Å². The molecule has 0 saturated carbocycles. The van der Waals surface area contributed by atoms with E-state index in [0.29, 0.717) is 13.2 Å². The lowest BCUT2D eigenvalue weighted by molar-refractivity contribution is 0.0696. The van der Waals surface area contributed by atoms with E-state index in [1.54, 1.807) is 24.3 Å². The normalized spacial score (nSPS) is 12.4. The molecule has 0 bridgehead atoms. The minimum absolute atomic E-state index is 0.259. The minimum atomic E-state index is -0.928. The molecular weight excluding hydrogens is 272 g/mol. The number of hydrogen-bond acceptors (Lipinski definition) is 4. The van der Waals surface area contributed by atoms with Gasteiger partial charge in [-0.1, -0.05) is 18.2 Å². The van der Waals surface area contributed by atoms with E-state index in [2.05, 4.69) is 0 Å². The Morgan fingerprint density at radius 2 is 1.67 bits per heavy atom. The highest BCUT2D eigenvalue weighted by molar-refractivity contribution is 5.87. The number of rotatable bonds is 5. The van der Waals surface area contributed by atoms with Gasteiger partial charge in [-0.15, -0.1) is 0 Å². The van der Waals surface area contributed by atoms with E-state index in [4.69, 9.17) is 19.3 Å². The molecule has 1 aliphatic heterocycles. The maximum absolute atomic E-state index is 10.8. The summed E-state index contributed by atoms with van der Waals surface area (Å²) in [6.07, 6.45) is 0. The summed E-state index contributed by atoms with van der Waals surface area (Å²) in [6, 6.07) is 12.3. The number of carbonyl (C=O) groups is 1. The Balaban J connectivity index is 1.55. The van der Waals surface area contributed by atoms with E-state index < -0.39 is 5.97 Å². The van der Waals surface area contributed by atoms with E-state index >= 15 is 0 Å². The summed E-state index contributed by atoms with van der Waals surface area (Å²) in [5.41, 5.74) is 2.21. The third-order valence-electron chi connectivity index (χ3n) is 3.18. The molecule has 1 heterocycles. The van der Waals surface area contributed by atoms with E-state index in [9.17, 15) is 4.79 Å². The van der Waals surface area contributed by atoms with Crippen molar-refractivity contribution in [1.29, 1.82) is 0 Å². The highest BCUT2D eigenvalue weighted by Gasteiger charge is 2.13. The Labute approximate surface area is 121 Å². The van der Waals surface area contributed by atoms with Crippen molar-refractivity contribution < 1.29 is 24.1 Å². The molecule has 108 valence electrons. The predicted molar refractivity (Wildman–Crippen MR) is 74.5 cm³/mol. The molecule has 0 aromatic heterocycles. The Hall–Kier alpha value is -2.53. The molecule has 2 aromatic rings. The van der Waals surface area contributed by atoms with Crippen LogP contribution < -0.4 is 9.47 Å². The summed E-state index contributed by atoms with van der Waals surface area (Å²) in [6.45, 7) is 1.14. The zero-order valence-electron chi connectivity index (χ0n) is 11.2. The molecule has 0 unspecified atom stereocenters. The molecule has 5 heteroatoms. The summed E-state index contributed by atoms with van der Waals surface area (Å²) < 4.78 is 16.2. The van der Waals surface area contributed by atoms with Crippen LogP contribution in [0.1, 0.15) is 21.5 Å². The van der Waals surface area contributed by atoms with Gasteiger partial charge in [0.2, 0.25) is 6.79 Å². The number of carboxylic acids is 1. The minimum Gasteiger partial charge on any atom is -0.478 e. The summed E-state index contributed by atoms with van der Waals surface area (Å²) >= 11 is 0. The average molecular weight is 286 g/mol. The van der Waals surface area contributed by atoms with Gasteiger partial charge in [-0.3, -0.25) is 0 Å². The standard InChI is InChI=1S/C16H14O5/c17-16(18)13-4-1-11(2-5-13)8-19-9-12-3-6-14-15(7-12)21-10-20-14/h1-7H,8-10H2,(H,17,18). The monoisotopic (exact) mass is 286 g/mol. The van der Waals surface area contributed by atoms with Gasteiger partial charge in [0, 0.05) is 0 Å². The largest absolute Gasteiger partial charge is 0.478 e. The van der Waals surface area contributed by atoms with Crippen molar-refractivity contribution in [2.45, 2.75) is 13.2 Å². The molecule has 1 N–H and O–H groups in total. The quantitative estimate of drug-likeness (QED) is 0.915. The number of carboxylic acid groups (broad SMARTS) is 1. The Bertz CT molecular complexity index is 648. The Kier molecular flexibility index (Phi) is 3.75. The van der Waals surface area contributed by atoms with Crippen LogP contribution in [-0.4, -0.2) is 17.9 Å². The summed E-state index contributed by atoms with van der Waals surface area (Å²) in [7, 11) is 0. The van der Waals surface area contributed by atoms with Crippen LogP contribution >= 0.6 is 0 Å². The lowest BCUT2D eigenvalue weighted by atomic mass is 10.1. The lowest BCUT2D eigenvalue weighted by Crippen LogP contribution is -1.98. The maximum Gasteiger partial charge on any atom is 0.335 e. The second-order valence-electron chi connectivity index (χ2n) is 4.68. The number of ether oxygens (including phenoxy) is 3. The van der Waals surface area contributed by atoms with Gasteiger partial charge in [0.25, 0.3) is 0 Å². The number of aromatic carboxylic acids is 1. The third kappa shape index (κ3) is 3.14. The number of fused-ring (bicyclic) bond motifs is 1. The molecule has 21 heavy (non-hydrogen) atoms. The van der Waals surface area contributed by atoms with E-state index in [-0.39, 0.29) is 12.4 Å². The smallest absolute Gasteiger partial charge is 0.335 e. The van der Waals surface area contributed by atoms with Gasteiger partial charge in [0.15, 0.2) is 11.5 Å². The summed E-state index contributed by atoms with van der Waals surface area (Å²) in [5.74, 6) is 0.563. The molecule has 0 amide bonds. The number of benzene rings is 2. The van der Waals surface area contributed by atoms with Gasteiger partial charge in [-0.25, -0.2) is 4.79 Å². The van der Waals surface area contributed by atoms with Crippen molar-refractivity contribution >= 4 is 5.97 Å². The van der Waals surface area contributed by atoms with E-state index in [1.807, 2.05) is 18.2 Å². The van der Waals surface area contributed by atoms with E-state index in [1.165, 1.54) is 0 Å². The van der Waals surface area contributed by atoms with Crippen LogP contribution in [0.2, 0.25) is 0 Å². The topological polar surface area (TPSA) is 65.0 Å². The van der Waals surface area contributed by atoms with Crippen molar-refractivity contribution in [1.82, 2.24) is 0 Å². The molecule has 3 rings (SSSR count). The number of hydrogen-bond donors (Lipinski definition) is 1. The lowest BCUT2D eigenvalue weighted by Gasteiger charge is -2.06. The van der Waals surface area contributed by atoms with Crippen LogP contribution in [0.25, 0.3) is 0 Å². The highest BCUT2D eigenvalue weighted by atomic mass is 16.7. The third-order valence-corrected chi connectivity index (χ3v) is 3.18. The highest BCUT2D eigenvalue weighted by Crippen LogP contribution is 2.32. The molecule has 0 fully saturated rings. The second-order valence-corrected chi connectivity index (χ2v) is 4.68. The van der Waals surface area contributed by atoms with Crippen molar-refractivity contribution in [3.8, 4) is 11.5 Å². The van der Waals surface area contributed by atoms with Gasteiger partial charge in [-0.05, 0) is 35.4 Å². The zero-order valence-corrected chi connectivity index (χ0v) is 11.2.